The number of aliphatic hydroxyl groups is 1. The first-order chi connectivity index (χ1) is 14.0. The van der Waals surface area contributed by atoms with Crippen molar-refractivity contribution in [2.24, 2.45) is 11.8 Å². The van der Waals surface area contributed by atoms with Crippen LogP contribution in [0.4, 0.5) is 0 Å². The van der Waals surface area contributed by atoms with Crippen LogP contribution in [0.25, 0.3) is 5.57 Å². The second-order valence-electron chi connectivity index (χ2n) is 7.85. The highest BCUT2D eigenvalue weighted by Crippen LogP contribution is 2.48. The average molecular weight is 402 g/mol. The van der Waals surface area contributed by atoms with Crippen LogP contribution in [0.5, 0.6) is 0 Å². The molecule has 1 aromatic rings. The van der Waals surface area contributed by atoms with Gasteiger partial charge in [-0.05, 0) is 37.0 Å². The summed E-state index contributed by atoms with van der Waals surface area (Å²) in [4.78, 5) is 40.3. The Hall–Kier alpha value is -2.45. The van der Waals surface area contributed by atoms with Crippen LogP contribution in [0.1, 0.15) is 36.6 Å². The third kappa shape index (κ3) is 3.02. The summed E-state index contributed by atoms with van der Waals surface area (Å²) < 4.78 is 11.7. The van der Waals surface area contributed by atoms with Crippen molar-refractivity contribution in [1.29, 1.82) is 0 Å². The molecule has 1 fully saturated rings. The van der Waals surface area contributed by atoms with Crippen molar-refractivity contribution < 1.29 is 24.2 Å². The first-order valence-corrected chi connectivity index (χ1v) is 9.95. The number of ether oxygens (including phenoxy) is 2. The van der Waals surface area contributed by atoms with Crippen molar-refractivity contribution in [2.75, 3.05) is 27.4 Å². The smallest absolute Gasteiger partial charge is 0.311 e. The highest BCUT2D eigenvalue weighted by molar-refractivity contribution is 5.82. The number of amides is 1. The van der Waals surface area contributed by atoms with Gasteiger partial charge in [0.1, 0.15) is 6.61 Å². The van der Waals surface area contributed by atoms with Crippen molar-refractivity contribution in [1.82, 2.24) is 9.47 Å². The third-order valence-electron chi connectivity index (χ3n) is 6.46. The van der Waals surface area contributed by atoms with Gasteiger partial charge in [-0.1, -0.05) is 6.08 Å². The van der Waals surface area contributed by atoms with Crippen LogP contribution in [-0.2, 0) is 25.6 Å². The lowest BCUT2D eigenvalue weighted by Gasteiger charge is -2.38. The minimum Gasteiger partial charge on any atom is -0.469 e. The molecule has 4 atom stereocenters. The molecule has 1 saturated heterocycles. The fourth-order valence-electron chi connectivity index (χ4n) is 5.21. The number of aromatic nitrogens is 1. The molecule has 2 aliphatic heterocycles. The van der Waals surface area contributed by atoms with Crippen LogP contribution in [0.2, 0.25) is 0 Å². The summed E-state index contributed by atoms with van der Waals surface area (Å²) in [6.45, 7) is -0.174. The molecule has 2 bridgehead atoms. The van der Waals surface area contributed by atoms with Crippen LogP contribution >= 0.6 is 0 Å². The van der Waals surface area contributed by atoms with E-state index in [1.807, 2.05) is 6.07 Å². The quantitative estimate of drug-likeness (QED) is 0.729. The lowest BCUT2D eigenvalue weighted by molar-refractivity contribution is -0.149. The molecular weight excluding hydrogens is 376 g/mol. The number of esters is 1. The maximum atomic E-state index is 13.3. The van der Waals surface area contributed by atoms with Crippen LogP contribution < -0.4 is 5.56 Å². The van der Waals surface area contributed by atoms with Crippen molar-refractivity contribution in [3.63, 3.8) is 0 Å². The van der Waals surface area contributed by atoms with E-state index >= 15 is 0 Å². The molecule has 1 amide bonds. The summed E-state index contributed by atoms with van der Waals surface area (Å²) in [6, 6.07) is 2.49. The second kappa shape index (κ2) is 7.76. The van der Waals surface area contributed by atoms with Crippen LogP contribution in [0.3, 0.4) is 0 Å². The molecule has 8 nitrogen and oxygen atoms in total. The summed E-state index contributed by atoms with van der Waals surface area (Å²) in [6.07, 6.45) is 4.99. The highest BCUT2D eigenvalue weighted by Gasteiger charge is 2.57. The van der Waals surface area contributed by atoms with Gasteiger partial charge < -0.3 is 24.0 Å². The van der Waals surface area contributed by atoms with Gasteiger partial charge in [0.05, 0.1) is 25.1 Å². The fraction of sp³-hybridized carbons (Fsp3) is 0.571. The molecular formula is C21H26N2O6. The number of aliphatic hydroxyl groups excluding tert-OH is 1. The largest absolute Gasteiger partial charge is 0.469 e. The Morgan fingerprint density at radius 3 is 2.69 bits per heavy atom. The molecule has 0 saturated carbocycles. The minimum absolute atomic E-state index is 0.105. The van der Waals surface area contributed by atoms with E-state index in [0.717, 1.165) is 24.8 Å². The van der Waals surface area contributed by atoms with Crippen molar-refractivity contribution in [2.45, 2.75) is 37.9 Å². The number of hydrogen-bond acceptors (Lipinski definition) is 6. The van der Waals surface area contributed by atoms with E-state index in [0.29, 0.717) is 11.3 Å². The molecule has 0 radical (unpaired) electrons. The Morgan fingerprint density at radius 2 is 2.07 bits per heavy atom. The Balaban J connectivity index is 1.85. The molecule has 29 heavy (non-hydrogen) atoms. The normalized spacial score (nSPS) is 27.6. The first-order valence-electron chi connectivity index (χ1n) is 9.95. The van der Waals surface area contributed by atoms with Gasteiger partial charge in [-0.25, -0.2) is 0 Å². The molecule has 4 rings (SSSR count). The number of pyridine rings is 1. The third-order valence-corrected chi connectivity index (χ3v) is 6.46. The molecule has 1 N–H and O–H groups in total. The summed E-state index contributed by atoms with van der Waals surface area (Å²) >= 11 is 0. The topological polar surface area (TPSA) is 98.1 Å². The summed E-state index contributed by atoms with van der Waals surface area (Å²) in [5.74, 6) is -2.01. The summed E-state index contributed by atoms with van der Waals surface area (Å²) in [5, 5.41) is 10.1. The molecule has 0 aromatic carbocycles. The lowest BCUT2D eigenvalue weighted by atomic mass is 9.87. The van der Waals surface area contributed by atoms with E-state index in [4.69, 9.17) is 9.47 Å². The molecule has 1 aliphatic carbocycles. The predicted molar refractivity (Wildman–Crippen MR) is 104 cm³/mol. The molecule has 0 spiro atoms. The molecule has 0 unspecified atom stereocenters. The number of carbonyl (C=O) groups is 2. The van der Waals surface area contributed by atoms with Gasteiger partial charge in [-0.15, -0.1) is 0 Å². The van der Waals surface area contributed by atoms with E-state index in [9.17, 15) is 19.5 Å². The summed E-state index contributed by atoms with van der Waals surface area (Å²) in [5.41, 5.74) is 2.23. The minimum atomic E-state index is -0.736. The maximum Gasteiger partial charge on any atom is 0.311 e. The van der Waals surface area contributed by atoms with Gasteiger partial charge >= 0.3 is 5.97 Å². The van der Waals surface area contributed by atoms with Crippen LogP contribution in [0.15, 0.2) is 23.0 Å². The first kappa shape index (κ1) is 19.8. The van der Waals surface area contributed by atoms with Crippen LogP contribution in [-0.4, -0.2) is 59.9 Å². The van der Waals surface area contributed by atoms with Gasteiger partial charge in [0.2, 0.25) is 5.91 Å². The number of rotatable bonds is 5. The van der Waals surface area contributed by atoms with Gasteiger partial charge in [0.15, 0.2) is 0 Å². The van der Waals surface area contributed by atoms with Gasteiger partial charge in [-0.3, -0.25) is 14.4 Å². The lowest BCUT2D eigenvalue weighted by Crippen LogP contribution is -2.50. The maximum absolute atomic E-state index is 13.3. The average Bonchev–Trinajstić information content (AvgIpc) is 3.32. The number of allylic oxidation sites excluding steroid dienone is 2. The SMILES string of the molecule is COCC(=O)N1[C@@H]2Cn3c(ccc(C4=CCCC4)c3=O)[C@H]1[C@@H](C(=O)OC)[C@@H]2CO. The summed E-state index contributed by atoms with van der Waals surface area (Å²) in [7, 11) is 2.73. The molecule has 3 heterocycles. The number of nitrogens with zero attached hydrogens (tertiary/aromatic N) is 2. The number of carbonyl (C=O) groups excluding carboxylic acids is 2. The van der Waals surface area contributed by atoms with E-state index in [-0.39, 0.29) is 31.2 Å². The zero-order chi connectivity index (χ0) is 20.7. The monoisotopic (exact) mass is 402 g/mol. The number of fused-ring (bicyclic) bond motifs is 4. The Bertz CT molecular complexity index is 920. The van der Waals surface area contributed by atoms with E-state index in [1.54, 1.807) is 15.5 Å². The van der Waals surface area contributed by atoms with Crippen molar-refractivity contribution >= 4 is 17.4 Å². The highest BCUT2D eigenvalue weighted by atomic mass is 16.5. The zero-order valence-corrected chi connectivity index (χ0v) is 16.7. The Kier molecular flexibility index (Phi) is 5.31. The fourth-order valence-corrected chi connectivity index (χ4v) is 5.21. The van der Waals surface area contributed by atoms with Gasteiger partial charge in [0, 0.05) is 37.4 Å². The molecule has 1 aromatic heterocycles. The number of methoxy groups -OCH3 is 2. The van der Waals surface area contributed by atoms with Gasteiger partial charge in [0.25, 0.3) is 5.56 Å². The van der Waals surface area contributed by atoms with E-state index < -0.39 is 29.9 Å². The van der Waals surface area contributed by atoms with E-state index in [2.05, 4.69) is 6.08 Å². The van der Waals surface area contributed by atoms with E-state index in [1.165, 1.54) is 14.2 Å². The van der Waals surface area contributed by atoms with Crippen LogP contribution in [0, 0.1) is 11.8 Å². The second-order valence-corrected chi connectivity index (χ2v) is 7.85. The van der Waals surface area contributed by atoms with Crippen molar-refractivity contribution in [3.8, 4) is 0 Å². The Morgan fingerprint density at radius 1 is 1.28 bits per heavy atom. The zero-order valence-electron chi connectivity index (χ0n) is 16.7. The predicted octanol–water partition coefficient (Wildman–Crippen LogP) is 0.725. The van der Waals surface area contributed by atoms with Gasteiger partial charge in [-0.2, -0.15) is 0 Å². The molecule has 156 valence electrons. The Labute approximate surface area is 168 Å². The number of hydrogen-bond donors (Lipinski definition) is 1. The van der Waals surface area contributed by atoms with Crippen molar-refractivity contribution in [3.05, 3.63) is 39.8 Å². The molecule has 3 aliphatic rings. The standard InChI is InChI=1S/C21H26N2O6/c1-28-11-17(25)23-16-9-22-15(19(23)18(14(16)10-24)21(27)29-2)8-7-13(20(22)26)12-5-3-4-6-12/h5,7-8,14,16,18-19,24H,3-4,6,9-11H2,1-2H3/t14-,16-,18+,19+/m1/s1. The molecule has 8 heteroatoms.